The summed E-state index contributed by atoms with van der Waals surface area (Å²) in [5.41, 5.74) is 9.94. The minimum atomic E-state index is -1.44. The minimum Gasteiger partial charge on any atom is -0.356 e. The Morgan fingerprint density at radius 2 is 1.04 bits per heavy atom. The SMILES string of the molecule is ClC12C=CC(=N1)C(c1ccncc1)=c1ccc([nH]1)=C(c1ccncc1)C1=NC(=C(c3ccncc3)c3ccc([nH]3)C2(Cl)c2ccncc2)C=C1. The molecule has 240 valence electrons. The van der Waals surface area contributed by atoms with Crippen LogP contribution in [-0.2, 0) is 4.87 Å². The van der Waals surface area contributed by atoms with Gasteiger partial charge in [0.15, 0.2) is 9.87 Å². The van der Waals surface area contributed by atoms with Gasteiger partial charge < -0.3 is 9.97 Å². The summed E-state index contributed by atoms with van der Waals surface area (Å²) >= 11 is 15.5. The third-order valence-electron chi connectivity index (χ3n) is 9.17. The maximum atomic E-state index is 7.87. The van der Waals surface area contributed by atoms with Crippen LogP contribution in [-0.4, -0.2) is 46.3 Å². The van der Waals surface area contributed by atoms with E-state index in [2.05, 4.69) is 42.0 Å². The zero-order valence-electron chi connectivity index (χ0n) is 26.3. The molecular weight excluding hydrogens is 663 g/mol. The topological polar surface area (TPSA) is 108 Å². The zero-order chi connectivity index (χ0) is 33.7. The van der Waals surface area contributed by atoms with E-state index < -0.39 is 9.87 Å². The monoisotopic (exact) mass is 688 g/mol. The van der Waals surface area contributed by atoms with Gasteiger partial charge in [-0.05, 0) is 119 Å². The molecule has 3 aliphatic rings. The second-order valence-electron chi connectivity index (χ2n) is 12.0. The van der Waals surface area contributed by atoms with E-state index in [0.717, 1.165) is 66.8 Å². The van der Waals surface area contributed by atoms with Gasteiger partial charge in [-0.2, -0.15) is 0 Å². The quantitative estimate of drug-likeness (QED) is 0.169. The number of aromatic nitrogens is 6. The number of nitrogens with zero attached hydrogens (tertiary/aromatic N) is 6. The molecule has 6 aromatic heterocycles. The predicted octanol–water partition coefficient (Wildman–Crippen LogP) is 6.23. The van der Waals surface area contributed by atoms with E-state index in [4.69, 9.17) is 33.2 Å². The molecule has 6 aromatic rings. The van der Waals surface area contributed by atoms with E-state index in [0.29, 0.717) is 11.4 Å². The molecule has 0 aromatic carbocycles. The number of rotatable bonds is 4. The molecule has 0 amide bonds. The second-order valence-corrected chi connectivity index (χ2v) is 13.2. The highest BCUT2D eigenvalue weighted by Crippen LogP contribution is 2.53. The van der Waals surface area contributed by atoms with Gasteiger partial charge in [0, 0.05) is 88.4 Å². The van der Waals surface area contributed by atoms with Crippen molar-refractivity contribution in [3.8, 4) is 0 Å². The average Bonchev–Trinajstić information content (AvgIpc) is 4.00. The van der Waals surface area contributed by atoms with Gasteiger partial charge in [-0.25, -0.2) is 4.99 Å². The Kier molecular flexibility index (Phi) is 7.15. The second kappa shape index (κ2) is 11.9. The van der Waals surface area contributed by atoms with Crippen LogP contribution in [0, 0.1) is 0 Å². The molecule has 3 aliphatic heterocycles. The first-order chi connectivity index (χ1) is 24.5. The van der Waals surface area contributed by atoms with E-state index in [1.54, 1.807) is 49.6 Å². The first kappa shape index (κ1) is 30.1. The van der Waals surface area contributed by atoms with Gasteiger partial charge in [0.25, 0.3) is 0 Å². The van der Waals surface area contributed by atoms with Crippen LogP contribution in [0.15, 0.2) is 162 Å². The van der Waals surface area contributed by atoms with Gasteiger partial charge in [0.2, 0.25) is 0 Å². The Labute approximate surface area is 296 Å². The smallest absolute Gasteiger partial charge is 0.181 e. The highest BCUT2D eigenvalue weighted by Gasteiger charge is 2.53. The van der Waals surface area contributed by atoms with Crippen molar-refractivity contribution in [2.45, 2.75) is 9.87 Å². The minimum absolute atomic E-state index is 0.659. The number of nitrogens with one attached hydrogen (secondary N) is 2. The summed E-state index contributed by atoms with van der Waals surface area (Å²) in [7, 11) is 0. The third-order valence-corrected chi connectivity index (χ3v) is 10.5. The lowest BCUT2D eigenvalue weighted by atomic mass is 9.88. The van der Waals surface area contributed by atoms with Crippen LogP contribution in [0.1, 0.15) is 33.6 Å². The van der Waals surface area contributed by atoms with Gasteiger partial charge in [0.05, 0.1) is 17.1 Å². The van der Waals surface area contributed by atoms with E-state index in [-0.39, 0.29) is 0 Å². The van der Waals surface area contributed by atoms with Gasteiger partial charge in [0.1, 0.15) is 0 Å². The van der Waals surface area contributed by atoms with Crippen molar-refractivity contribution in [1.82, 2.24) is 29.9 Å². The number of H-pyrrole nitrogens is 2. The molecule has 0 fully saturated rings. The number of hydrogen-bond donors (Lipinski definition) is 2. The largest absolute Gasteiger partial charge is 0.356 e. The highest BCUT2D eigenvalue weighted by molar-refractivity contribution is 6.40. The van der Waals surface area contributed by atoms with Crippen LogP contribution in [0.2, 0.25) is 0 Å². The molecule has 2 atom stereocenters. The predicted molar refractivity (Wildman–Crippen MR) is 197 cm³/mol. The van der Waals surface area contributed by atoms with Crippen molar-refractivity contribution in [1.29, 1.82) is 0 Å². The molecule has 2 N–H and O–H groups in total. The summed E-state index contributed by atoms with van der Waals surface area (Å²) in [5.74, 6) is 0. The molecule has 0 saturated heterocycles. The van der Waals surface area contributed by atoms with E-state index in [9.17, 15) is 0 Å². The van der Waals surface area contributed by atoms with Crippen molar-refractivity contribution < 1.29 is 0 Å². The highest BCUT2D eigenvalue weighted by atomic mass is 35.5. The van der Waals surface area contributed by atoms with Crippen LogP contribution in [0.4, 0.5) is 0 Å². The lowest BCUT2D eigenvalue weighted by molar-refractivity contribution is 0.569. The summed E-state index contributed by atoms with van der Waals surface area (Å²) in [6, 6.07) is 23.7. The molecule has 50 heavy (non-hydrogen) atoms. The summed E-state index contributed by atoms with van der Waals surface area (Å²) < 4.78 is 0. The Morgan fingerprint density at radius 3 is 1.64 bits per heavy atom. The Balaban J connectivity index is 1.42. The fourth-order valence-corrected chi connectivity index (χ4v) is 7.55. The van der Waals surface area contributed by atoms with Crippen LogP contribution < -0.4 is 10.7 Å². The number of alkyl halides is 2. The van der Waals surface area contributed by atoms with Crippen LogP contribution in [0.25, 0.3) is 16.7 Å². The first-order valence-corrected chi connectivity index (χ1v) is 16.7. The van der Waals surface area contributed by atoms with Gasteiger partial charge in [-0.1, -0.05) is 11.6 Å². The van der Waals surface area contributed by atoms with E-state index in [1.807, 2.05) is 85.0 Å². The zero-order valence-corrected chi connectivity index (χ0v) is 27.8. The first-order valence-electron chi connectivity index (χ1n) is 16.0. The lowest BCUT2D eigenvalue weighted by Gasteiger charge is -2.36. The van der Waals surface area contributed by atoms with Gasteiger partial charge >= 0.3 is 0 Å². The molecule has 0 saturated carbocycles. The van der Waals surface area contributed by atoms with Gasteiger partial charge in [-0.15, -0.1) is 11.6 Å². The van der Waals surface area contributed by atoms with Gasteiger partial charge in [-0.3, -0.25) is 24.9 Å². The molecule has 0 spiro atoms. The summed E-state index contributed by atoms with van der Waals surface area (Å²) in [5, 5.41) is 1.72. The molecule has 0 radical (unpaired) electrons. The fraction of sp³-hybridized carbons (Fsp3) is 0.0500. The number of fused-ring (bicyclic) bond motifs is 6. The third kappa shape index (κ3) is 4.83. The number of hydrogen-bond acceptors (Lipinski definition) is 6. The Morgan fingerprint density at radius 1 is 0.500 bits per heavy atom. The average molecular weight is 690 g/mol. The number of aromatic amines is 2. The molecule has 0 aliphatic carbocycles. The van der Waals surface area contributed by atoms with Crippen LogP contribution in [0.3, 0.4) is 0 Å². The summed E-state index contributed by atoms with van der Waals surface area (Å²) in [4.78, 5) is 32.2. The number of halogens is 2. The van der Waals surface area contributed by atoms with E-state index in [1.165, 1.54) is 0 Å². The lowest BCUT2D eigenvalue weighted by Crippen LogP contribution is -2.41. The number of aliphatic imine (C=N–C) groups is 2. The number of pyridine rings is 4. The maximum absolute atomic E-state index is 7.87. The van der Waals surface area contributed by atoms with Crippen molar-refractivity contribution >= 4 is 51.3 Å². The molecule has 9 heterocycles. The van der Waals surface area contributed by atoms with Crippen LogP contribution >= 0.6 is 23.2 Å². The van der Waals surface area contributed by atoms with Crippen molar-refractivity contribution in [2.75, 3.05) is 0 Å². The normalized spacial score (nSPS) is 21.1. The molecule has 8 bridgehead atoms. The maximum Gasteiger partial charge on any atom is 0.181 e. The molecule has 10 heteroatoms. The summed E-state index contributed by atoms with van der Waals surface area (Å²) in [6.07, 6.45) is 22.0. The van der Waals surface area contributed by atoms with Crippen LogP contribution in [0.5, 0.6) is 0 Å². The molecule has 2 unspecified atom stereocenters. The molecule has 9 rings (SSSR count). The fourth-order valence-electron chi connectivity index (χ4n) is 6.85. The molecule has 8 nitrogen and oxygen atoms in total. The summed E-state index contributed by atoms with van der Waals surface area (Å²) in [6.45, 7) is 0. The Hall–Kier alpha value is -5.96. The van der Waals surface area contributed by atoms with Crippen molar-refractivity contribution in [2.24, 2.45) is 9.98 Å². The van der Waals surface area contributed by atoms with Crippen molar-refractivity contribution in [3.63, 3.8) is 0 Å². The van der Waals surface area contributed by atoms with Crippen molar-refractivity contribution in [3.05, 3.63) is 197 Å². The molecular formula is C40H26Cl2N8. The van der Waals surface area contributed by atoms with E-state index >= 15 is 0 Å². The Bertz CT molecular complexity index is 2550. The standard InChI is InChI=1S/C40H26Cl2N8/c41-39-16-7-34(50-39)38(27-12-21-45-22-13-27)32-4-3-30(48-32)36(25-8-17-43-18-9-25)29-1-2-31(47-29)37(26-10-19-44-20-11-26)33-5-6-35(49-33)40(39,42)28-14-23-46-24-15-28/h1-24,48-49H. The number of allylic oxidation sites excluding steroid dienone is 3.